The molecule has 0 bridgehead atoms. The minimum absolute atomic E-state index is 0.0318. The first-order valence-electron chi connectivity index (χ1n) is 5.37. The number of rotatable bonds is 4. The van der Waals surface area contributed by atoms with Crippen molar-refractivity contribution in [2.45, 2.75) is 24.0 Å². The van der Waals surface area contributed by atoms with Crippen LogP contribution in [0.5, 0.6) is 0 Å². The van der Waals surface area contributed by atoms with E-state index in [1.807, 2.05) is 0 Å². The van der Waals surface area contributed by atoms with Crippen LogP contribution in [0, 0.1) is 0 Å². The van der Waals surface area contributed by atoms with E-state index in [4.69, 9.17) is 5.73 Å². The average molecular weight is 335 g/mol. The van der Waals surface area contributed by atoms with Gasteiger partial charge >= 0.3 is 0 Å². The van der Waals surface area contributed by atoms with E-state index in [1.165, 1.54) is 19.1 Å². The zero-order chi connectivity index (χ0) is 13.9. The number of sulfone groups is 1. The molecular weight excluding hydrogens is 320 g/mol. The summed E-state index contributed by atoms with van der Waals surface area (Å²) in [7, 11) is -3.78. The van der Waals surface area contributed by atoms with Crippen molar-refractivity contribution in [1.82, 2.24) is 5.32 Å². The van der Waals surface area contributed by atoms with Crippen LogP contribution in [-0.4, -0.2) is 26.1 Å². The first-order chi connectivity index (χ1) is 8.30. The van der Waals surface area contributed by atoms with Gasteiger partial charge in [-0.05, 0) is 32.0 Å². The molecule has 0 saturated carbocycles. The molecule has 0 aliphatic heterocycles. The Morgan fingerprint density at radius 3 is 2.67 bits per heavy atom. The third-order valence-electron chi connectivity index (χ3n) is 2.47. The monoisotopic (exact) mass is 334 g/mol. The molecule has 3 N–H and O–H groups in total. The maximum absolute atomic E-state index is 12.3. The van der Waals surface area contributed by atoms with Gasteiger partial charge in [-0.1, -0.05) is 15.9 Å². The second kappa shape index (κ2) is 5.71. The van der Waals surface area contributed by atoms with Gasteiger partial charge in [-0.25, -0.2) is 8.42 Å². The number of carbonyl (C=O) groups excluding carboxylic acids is 1. The average Bonchev–Trinajstić information content (AvgIpc) is 2.31. The van der Waals surface area contributed by atoms with Crippen LogP contribution >= 0.6 is 15.9 Å². The van der Waals surface area contributed by atoms with Crippen molar-refractivity contribution in [1.29, 1.82) is 0 Å². The maximum Gasteiger partial charge on any atom is 0.238 e. The molecule has 0 fully saturated rings. The fraction of sp³-hybridized carbons (Fsp3) is 0.364. The number of halogens is 1. The molecular formula is C11H15BrN2O3S. The van der Waals surface area contributed by atoms with Crippen LogP contribution in [0.2, 0.25) is 0 Å². The zero-order valence-corrected chi connectivity index (χ0v) is 12.5. The third-order valence-corrected chi connectivity index (χ3v) is 5.07. The molecule has 0 aromatic heterocycles. The predicted molar refractivity (Wildman–Crippen MR) is 73.9 cm³/mol. The Bertz CT molecular complexity index is 557. The number of anilines is 1. The number of hydrogen-bond acceptors (Lipinski definition) is 4. The molecule has 0 heterocycles. The summed E-state index contributed by atoms with van der Waals surface area (Å²) in [5.41, 5.74) is 5.79. The molecule has 0 saturated heterocycles. The number of nitrogen functional groups attached to an aromatic ring is 1. The highest BCUT2D eigenvalue weighted by Crippen LogP contribution is 2.26. The minimum Gasteiger partial charge on any atom is -0.398 e. The molecule has 1 amide bonds. The van der Waals surface area contributed by atoms with Gasteiger partial charge in [0.1, 0.15) is 5.25 Å². The van der Waals surface area contributed by atoms with Gasteiger partial charge < -0.3 is 11.1 Å². The van der Waals surface area contributed by atoms with Crippen molar-refractivity contribution in [3.8, 4) is 0 Å². The molecule has 1 rings (SSSR count). The molecule has 0 aliphatic carbocycles. The summed E-state index contributed by atoms with van der Waals surface area (Å²) in [5, 5.41) is 1.31. The van der Waals surface area contributed by atoms with Crippen LogP contribution in [0.15, 0.2) is 27.6 Å². The normalized spacial score (nSPS) is 13.1. The fourth-order valence-electron chi connectivity index (χ4n) is 1.40. The molecule has 1 aromatic rings. The van der Waals surface area contributed by atoms with Crippen LogP contribution in [0.25, 0.3) is 0 Å². The number of amides is 1. The fourth-order valence-corrected chi connectivity index (χ4v) is 3.35. The van der Waals surface area contributed by atoms with Crippen molar-refractivity contribution in [2.75, 3.05) is 12.3 Å². The molecule has 100 valence electrons. The first kappa shape index (κ1) is 15.0. The Morgan fingerprint density at radius 2 is 2.11 bits per heavy atom. The van der Waals surface area contributed by atoms with Gasteiger partial charge in [0.15, 0.2) is 9.84 Å². The van der Waals surface area contributed by atoms with E-state index in [-0.39, 0.29) is 10.6 Å². The lowest BCUT2D eigenvalue weighted by Crippen LogP contribution is -2.37. The van der Waals surface area contributed by atoms with Gasteiger partial charge in [-0.15, -0.1) is 0 Å². The maximum atomic E-state index is 12.3. The summed E-state index contributed by atoms with van der Waals surface area (Å²) in [5.74, 6) is -0.531. The number of hydrogen-bond donors (Lipinski definition) is 2. The number of nitrogens with two attached hydrogens (primary N) is 1. The summed E-state index contributed by atoms with van der Waals surface area (Å²) in [6.07, 6.45) is 0. The molecule has 5 nitrogen and oxygen atoms in total. The predicted octanol–water partition coefficient (Wildman–Crippen LogP) is 1.33. The molecule has 1 unspecified atom stereocenters. The van der Waals surface area contributed by atoms with E-state index >= 15 is 0 Å². The lowest BCUT2D eigenvalue weighted by molar-refractivity contribution is -0.120. The topological polar surface area (TPSA) is 89.3 Å². The Morgan fingerprint density at radius 1 is 1.50 bits per heavy atom. The standard InChI is InChI=1S/C11H15BrN2O3S/c1-3-14-11(15)7(2)18(16,17)10-6-8(12)4-5-9(10)13/h4-7H,3,13H2,1-2H3,(H,14,15). The van der Waals surface area contributed by atoms with E-state index in [2.05, 4.69) is 21.2 Å². The Kier molecular flexibility index (Phi) is 4.75. The van der Waals surface area contributed by atoms with Crippen LogP contribution < -0.4 is 11.1 Å². The van der Waals surface area contributed by atoms with Crippen molar-refractivity contribution >= 4 is 37.4 Å². The number of benzene rings is 1. The zero-order valence-electron chi connectivity index (χ0n) is 10.1. The first-order valence-corrected chi connectivity index (χ1v) is 7.71. The van der Waals surface area contributed by atoms with E-state index in [0.29, 0.717) is 11.0 Å². The second-order valence-corrected chi connectivity index (χ2v) is 6.92. The molecule has 0 radical (unpaired) electrons. The van der Waals surface area contributed by atoms with E-state index in [1.54, 1.807) is 13.0 Å². The van der Waals surface area contributed by atoms with Crippen molar-refractivity contribution < 1.29 is 13.2 Å². The largest absolute Gasteiger partial charge is 0.398 e. The Balaban J connectivity index is 3.21. The van der Waals surface area contributed by atoms with E-state index in [0.717, 1.165) is 0 Å². The van der Waals surface area contributed by atoms with Gasteiger partial charge in [-0.2, -0.15) is 0 Å². The molecule has 0 aliphatic rings. The highest BCUT2D eigenvalue weighted by atomic mass is 79.9. The number of nitrogens with one attached hydrogen (secondary N) is 1. The SMILES string of the molecule is CCNC(=O)C(C)S(=O)(=O)c1cc(Br)ccc1N. The highest BCUT2D eigenvalue weighted by Gasteiger charge is 2.31. The molecule has 1 atom stereocenters. The Hall–Kier alpha value is -1.08. The van der Waals surface area contributed by atoms with Gasteiger partial charge in [0, 0.05) is 11.0 Å². The van der Waals surface area contributed by atoms with Crippen LogP contribution in [-0.2, 0) is 14.6 Å². The van der Waals surface area contributed by atoms with E-state index in [9.17, 15) is 13.2 Å². The molecule has 7 heteroatoms. The minimum atomic E-state index is -3.78. The van der Waals surface area contributed by atoms with Crippen LogP contribution in [0.4, 0.5) is 5.69 Å². The van der Waals surface area contributed by atoms with Gasteiger partial charge in [0.25, 0.3) is 0 Å². The van der Waals surface area contributed by atoms with Crippen LogP contribution in [0.1, 0.15) is 13.8 Å². The van der Waals surface area contributed by atoms with Crippen molar-refractivity contribution in [2.24, 2.45) is 0 Å². The molecule has 0 spiro atoms. The smallest absolute Gasteiger partial charge is 0.238 e. The highest BCUT2D eigenvalue weighted by molar-refractivity contribution is 9.10. The lowest BCUT2D eigenvalue weighted by Gasteiger charge is -2.14. The summed E-state index contributed by atoms with van der Waals surface area (Å²) >= 11 is 3.19. The molecule has 1 aromatic carbocycles. The van der Waals surface area contributed by atoms with Gasteiger partial charge in [0.05, 0.1) is 10.6 Å². The summed E-state index contributed by atoms with van der Waals surface area (Å²) in [4.78, 5) is 11.6. The summed E-state index contributed by atoms with van der Waals surface area (Å²) in [6.45, 7) is 3.46. The quantitative estimate of drug-likeness (QED) is 0.813. The third kappa shape index (κ3) is 3.02. The van der Waals surface area contributed by atoms with Gasteiger partial charge in [-0.3, -0.25) is 4.79 Å². The second-order valence-electron chi connectivity index (χ2n) is 3.76. The summed E-state index contributed by atoms with van der Waals surface area (Å²) in [6, 6.07) is 4.53. The lowest BCUT2D eigenvalue weighted by atomic mass is 10.3. The van der Waals surface area contributed by atoms with Crippen molar-refractivity contribution in [3.63, 3.8) is 0 Å². The van der Waals surface area contributed by atoms with Crippen molar-refractivity contribution in [3.05, 3.63) is 22.7 Å². The Labute approximate surface area is 115 Å². The van der Waals surface area contributed by atoms with E-state index < -0.39 is 21.0 Å². The number of carbonyl (C=O) groups is 1. The van der Waals surface area contributed by atoms with Gasteiger partial charge in [0.2, 0.25) is 5.91 Å². The summed E-state index contributed by atoms with van der Waals surface area (Å²) < 4.78 is 25.1. The molecule has 18 heavy (non-hydrogen) atoms. The van der Waals surface area contributed by atoms with Crippen LogP contribution in [0.3, 0.4) is 0 Å².